The van der Waals surface area contributed by atoms with Gasteiger partial charge in [0.05, 0.1) is 16.7 Å². The van der Waals surface area contributed by atoms with E-state index in [9.17, 15) is 0 Å². The highest BCUT2D eigenvalue weighted by Crippen LogP contribution is 2.58. The summed E-state index contributed by atoms with van der Waals surface area (Å²) >= 11 is 0. The van der Waals surface area contributed by atoms with E-state index in [4.69, 9.17) is 15.0 Å². The van der Waals surface area contributed by atoms with Crippen molar-refractivity contribution in [1.82, 2.24) is 19.5 Å². The molecule has 3 heterocycles. The molecule has 0 fully saturated rings. The van der Waals surface area contributed by atoms with E-state index < -0.39 is 0 Å². The number of rotatable bonds is 4. The van der Waals surface area contributed by atoms with E-state index in [0.29, 0.717) is 17.5 Å². The molecule has 8 aromatic carbocycles. The molecule has 0 unspecified atom stereocenters. The fraction of sp³-hybridized carbons (Fsp3) is 0.0577. The van der Waals surface area contributed by atoms with Gasteiger partial charge in [-0.15, -0.1) is 0 Å². The maximum Gasteiger partial charge on any atom is 0.164 e. The standard InChI is InChI=1S/C52H34N4/c1-52(2)42-20-11-19-40-39-25-24-37(30-45(39)56-44-21-9-8-18-38(44)41-26-27-43(52)47(46(40)42)48(41)56)51-54-49(35-17-10-16-34(28-35)31-12-4-3-5-13-31)53-50(55-51)36-23-22-32-14-6-7-15-33(32)29-36/h3-30H,1-2H3. The molecule has 0 saturated heterocycles. The quantitative estimate of drug-likeness (QED) is 0.182. The average Bonchev–Trinajstić information content (AvgIpc) is 3.67. The number of hydrogen-bond donors (Lipinski definition) is 0. The molecule has 1 aliphatic carbocycles. The minimum absolute atomic E-state index is 0.105. The van der Waals surface area contributed by atoms with Crippen LogP contribution in [0.1, 0.15) is 25.0 Å². The molecule has 2 aromatic heterocycles. The predicted molar refractivity (Wildman–Crippen MR) is 230 cm³/mol. The van der Waals surface area contributed by atoms with Crippen molar-refractivity contribution in [1.29, 1.82) is 0 Å². The third kappa shape index (κ3) is 4.38. The lowest BCUT2D eigenvalue weighted by atomic mass is 9.81. The molecule has 1 aliphatic heterocycles. The average molecular weight is 715 g/mol. The molecular formula is C52H34N4. The fourth-order valence-corrected chi connectivity index (χ4v) is 9.44. The molecular weight excluding hydrogens is 681 g/mol. The molecule has 2 aliphatic rings. The van der Waals surface area contributed by atoms with Gasteiger partial charge in [-0.3, -0.25) is 0 Å². The molecule has 4 heteroatoms. The largest absolute Gasteiger partial charge is 0.308 e. The Bertz CT molecular complexity index is 3280. The SMILES string of the molecule is CC1(C)c2cccc3c2-c2c1ccc1c4ccccc4n(c21)-c1cc(-c2nc(-c4cccc(-c5ccccc5)c4)nc(-c4ccc5ccccc5c4)n2)ccc1-3. The highest BCUT2D eigenvalue weighted by atomic mass is 15.0. The molecule has 0 atom stereocenters. The van der Waals surface area contributed by atoms with E-state index in [1.807, 2.05) is 6.07 Å². The van der Waals surface area contributed by atoms with Gasteiger partial charge in [0, 0.05) is 44.0 Å². The first-order valence-electron chi connectivity index (χ1n) is 19.3. The molecule has 262 valence electrons. The van der Waals surface area contributed by atoms with Crippen LogP contribution in [0, 0.1) is 0 Å². The van der Waals surface area contributed by atoms with Gasteiger partial charge in [-0.05, 0) is 68.4 Å². The van der Waals surface area contributed by atoms with Crippen molar-refractivity contribution in [3.63, 3.8) is 0 Å². The lowest BCUT2D eigenvalue weighted by Crippen LogP contribution is -2.15. The van der Waals surface area contributed by atoms with Crippen LogP contribution in [0.4, 0.5) is 0 Å². The molecule has 12 rings (SSSR count). The summed E-state index contributed by atoms with van der Waals surface area (Å²) in [7, 11) is 0. The highest BCUT2D eigenvalue weighted by molar-refractivity contribution is 6.18. The Hall–Kier alpha value is -7.17. The molecule has 0 spiro atoms. The molecule has 4 nitrogen and oxygen atoms in total. The Morgan fingerprint density at radius 2 is 1.05 bits per heavy atom. The fourth-order valence-electron chi connectivity index (χ4n) is 9.44. The molecule has 0 radical (unpaired) electrons. The number of benzene rings is 8. The first-order chi connectivity index (χ1) is 27.5. The second-order valence-electron chi connectivity index (χ2n) is 15.6. The Kier molecular flexibility index (Phi) is 6.37. The van der Waals surface area contributed by atoms with Gasteiger partial charge < -0.3 is 4.57 Å². The molecule has 0 bridgehead atoms. The summed E-state index contributed by atoms with van der Waals surface area (Å²) in [6.07, 6.45) is 0. The topological polar surface area (TPSA) is 43.6 Å². The smallest absolute Gasteiger partial charge is 0.164 e. The second kappa shape index (κ2) is 11.4. The molecule has 10 aromatic rings. The predicted octanol–water partition coefficient (Wildman–Crippen LogP) is 13.1. The summed E-state index contributed by atoms with van der Waals surface area (Å²) in [5.41, 5.74) is 16.5. The van der Waals surface area contributed by atoms with Crippen molar-refractivity contribution in [3.8, 4) is 73.2 Å². The lowest BCUT2D eigenvalue weighted by molar-refractivity contribution is 0.661. The van der Waals surface area contributed by atoms with Gasteiger partial charge in [0.25, 0.3) is 0 Å². The van der Waals surface area contributed by atoms with Crippen LogP contribution in [0.25, 0.3) is 106 Å². The minimum atomic E-state index is -0.105. The van der Waals surface area contributed by atoms with E-state index >= 15 is 0 Å². The van der Waals surface area contributed by atoms with Crippen LogP contribution in [0.3, 0.4) is 0 Å². The number of fused-ring (bicyclic) bond motifs is 7. The van der Waals surface area contributed by atoms with Gasteiger partial charge >= 0.3 is 0 Å². The van der Waals surface area contributed by atoms with Crippen LogP contribution in [0.5, 0.6) is 0 Å². The molecule has 56 heavy (non-hydrogen) atoms. The number of para-hydroxylation sites is 1. The van der Waals surface area contributed by atoms with Crippen molar-refractivity contribution < 1.29 is 0 Å². The maximum atomic E-state index is 5.27. The normalized spacial score (nSPS) is 13.3. The lowest BCUT2D eigenvalue weighted by Gasteiger charge is -2.23. The third-order valence-electron chi connectivity index (χ3n) is 12.2. The Morgan fingerprint density at radius 3 is 1.89 bits per heavy atom. The highest BCUT2D eigenvalue weighted by Gasteiger charge is 2.41. The van der Waals surface area contributed by atoms with Crippen LogP contribution >= 0.6 is 0 Å². The Morgan fingerprint density at radius 1 is 0.411 bits per heavy atom. The van der Waals surface area contributed by atoms with Crippen molar-refractivity contribution in [3.05, 3.63) is 181 Å². The second-order valence-corrected chi connectivity index (χ2v) is 15.6. The van der Waals surface area contributed by atoms with Gasteiger partial charge in [-0.25, -0.2) is 15.0 Å². The summed E-state index contributed by atoms with van der Waals surface area (Å²) in [6.45, 7) is 4.74. The summed E-state index contributed by atoms with van der Waals surface area (Å²) in [5, 5.41) is 4.86. The van der Waals surface area contributed by atoms with Crippen molar-refractivity contribution in [2.45, 2.75) is 19.3 Å². The van der Waals surface area contributed by atoms with E-state index in [2.05, 4.69) is 182 Å². The third-order valence-corrected chi connectivity index (χ3v) is 12.2. The summed E-state index contributed by atoms with van der Waals surface area (Å²) in [4.78, 5) is 15.7. The van der Waals surface area contributed by atoms with Gasteiger partial charge in [-0.1, -0.05) is 159 Å². The van der Waals surface area contributed by atoms with Crippen molar-refractivity contribution in [2.75, 3.05) is 0 Å². The van der Waals surface area contributed by atoms with E-state index in [1.54, 1.807) is 0 Å². The zero-order valence-electron chi connectivity index (χ0n) is 31.0. The van der Waals surface area contributed by atoms with Crippen molar-refractivity contribution >= 4 is 32.6 Å². The zero-order chi connectivity index (χ0) is 37.1. The summed E-state index contributed by atoms with van der Waals surface area (Å²) in [5.74, 6) is 1.92. The van der Waals surface area contributed by atoms with Gasteiger partial charge in [-0.2, -0.15) is 0 Å². The molecule has 0 N–H and O–H groups in total. The first-order valence-corrected chi connectivity index (χ1v) is 19.3. The zero-order valence-corrected chi connectivity index (χ0v) is 31.0. The summed E-state index contributed by atoms with van der Waals surface area (Å²) < 4.78 is 2.50. The molecule has 0 saturated carbocycles. The number of hydrogen-bond acceptors (Lipinski definition) is 3. The van der Waals surface area contributed by atoms with Crippen LogP contribution in [0.2, 0.25) is 0 Å². The Labute approximate surface area is 324 Å². The minimum Gasteiger partial charge on any atom is -0.308 e. The van der Waals surface area contributed by atoms with Crippen LogP contribution in [-0.2, 0) is 5.41 Å². The van der Waals surface area contributed by atoms with E-state index in [1.165, 1.54) is 60.6 Å². The maximum absolute atomic E-state index is 5.27. The van der Waals surface area contributed by atoms with Crippen LogP contribution in [-0.4, -0.2) is 19.5 Å². The molecule has 0 amide bonds. The number of aromatic nitrogens is 4. The van der Waals surface area contributed by atoms with Gasteiger partial charge in [0.2, 0.25) is 0 Å². The van der Waals surface area contributed by atoms with Crippen LogP contribution < -0.4 is 0 Å². The monoisotopic (exact) mass is 714 g/mol. The summed E-state index contributed by atoms with van der Waals surface area (Å²) in [6, 6.07) is 61.0. The van der Waals surface area contributed by atoms with E-state index in [0.717, 1.165) is 38.9 Å². The van der Waals surface area contributed by atoms with Gasteiger partial charge in [0.15, 0.2) is 17.5 Å². The van der Waals surface area contributed by atoms with Crippen LogP contribution in [0.15, 0.2) is 170 Å². The van der Waals surface area contributed by atoms with E-state index in [-0.39, 0.29) is 5.41 Å². The number of nitrogens with zero attached hydrogens (tertiary/aromatic N) is 4. The Balaban J connectivity index is 1.12. The van der Waals surface area contributed by atoms with Crippen molar-refractivity contribution in [2.24, 2.45) is 0 Å². The van der Waals surface area contributed by atoms with Gasteiger partial charge in [0.1, 0.15) is 0 Å². The first kappa shape index (κ1) is 31.2.